The molecule has 17 heavy (non-hydrogen) atoms. The molecule has 0 fully saturated rings. The van der Waals surface area contributed by atoms with Crippen molar-refractivity contribution in [3.8, 4) is 5.75 Å². The number of nitrogens with zero attached hydrogens (tertiary/aromatic N) is 1. The van der Waals surface area contributed by atoms with Crippen molar-refractivity contribution in [2.75, 3.05) is 26.8 Å². The molecule has 0 aliphatic carbocycles. The minimum atomic E-state index is -0.256. The van der Waals surface area contributed by atoms with Crippen LogP contribution >= 0.6 is 0 Å². The van der Waals surface area contributed by atoms with E-state index < -0.39 is 0 Å². The van der Waals surface area contributed by atoms with E-state index in [0.29, 0.717) is 12.4 Å². The van der Waals surface area contributed by atoms with E-state index in [2.05, 4.69) is 4.90 Å². The largest absolute Gasteiger partial charge is 0.494 e. The third kappa shape index (κ3) is 5.15. The van der Waals surface area contributed by atoms with E-state index in [4.69, 9.17) is 9.84 Å². The molecule has 1 N–H and O–H groups in total. The van der Waals surface area contributed by atoms with Crippen LogP contribution in [0.4, 0.5) is 4.39 Å². The molecule has 96 valence electrons. The maximum absolute atomic E-state index is 12.6. The first-order valence-electron chi connectivity index (χ1n) is 5.83. The monoisotopic (exact) mass is 241 g/mol. The normalized spacial score (nSPS) is 12.8. The van der Waals surface area contributed by atoms with E-state index in [1.807, 2.05) is 14.0 Å². The Morgan fingerprint density at radius 1 is 1.35 bits per heavy atom. The number of ether oxygens (including phenoxy) is 1. The molecule has 1 unspecified atom stereocenters. The Morgan fingerprint density at radius 3 is 2.59 bits per heavy atom. The standard InChI is InChI=1S/C13H20FNO2/c1-11(10-16)15(2)8-3-9-17-13-6-4-12(14)5-7-13/h4-7,11,16H,3,8-10H2,1-2H3. The van der Waals surface area contributed by atoms with Crippen molar-refractivity contribution in [2.45, 2.75) is 19.4 Å². The molecule has 0 saturated carbocycles. The Bertz CT molecular complexity index is 316. The number of aliphatic hydroxyl groups excluding tert-OH is 1. The van der Waals surface area contributed by atoms with E-state index in [0.717, 1.165) is 13.0 Å². The Hall–Kier alpha value is -1.13. The number of hydrogen-bond donors (Lipinski definition) is 1. The van der Waals surface area contributed by atoms with Gasteiger partial charge in [0.15, 0.2) is 0 Å². The van der Waals surface area contributed by atoms with Crippen LogP contribution < -0.4 is 4.74 Å². The SMILES string of the molecule is CC(CO)N(C)CCCOc1ccc(F)cc1. The van der Waals surface area contributed by atoms with Gasteiger partial charge in [-0.3, -0.25) is 0 Å². The van der Waals surface area contributed by atoms with Gasteiger partial charge in [0, 0.05) is 12.6 Å². The summed E-state index contributed by atoms with van der Waals surface area (Å²) >= 11 is 0. The number of hydrogen-bond acceptors (Lipinski definition) is 3. The summed E-state index contributed by atoms with van der Waals surface area (Å²) < 4.78 is 18.1. The highest BCUT2D eigenvalue weighted by molar-refractivity contribution is 5.21. The molecule has 0 saturated heterocycles. The summed E-state index contributed by atoms with van der Waals surface area (Å²) in [6.07, 6.45) is 0.873. The smallest absolute Gasteiger partial charge is 0.123 e. The Balaban J connectivity index is 2.18. The second-order valence-electron chi connectivity index (χ2n) is 4.17. The molecule has 0 aliphatic rings. The summed E-state index contributed by atoms with van der Waals surface area (Å²) in [4.78, 5) is 2.08. The van der Waals surface area contributed by atoms with Gasteiger partial charge >= 0.3 is 0 Å². The van der Waals surface area contributed by atoms with E-state index in [1.165, 1.54) is 12.1 Å². The quantitative estimate of drug-likeness (QED) is 0.740. The van der Waals surface area contributed by atoms with E-state index in [-0.39, 0.29) is 18.5 Å². The van der Waals surface area contributed by atoms with Gasteiger partial charge in [0.25, 0.3) is 0 Å². The lowest BCUT2D eigenvalue weighted by Gasteiger charge is -2.22. The number of halogens is 1. The summed E-state index contributed by atoms with van der Waals surface area (Å²) in [7, 11) is 1.97. The molecule has 0 radical (unpaired) electrons. The second-order valence-corrected chi connectivity index (χ2v) is 4.17. The summed E-state index contributed by atoms with van der Waals surface area (Å²) in [6.45, 7) is 3.59. The van der Waals surface area contributed by atoms with E-state index >= 15 is 0 Å². The third-order valence-electron chi connectivity index (χ3n) is 2.75. The lowest BCUT2D eigenvalue weighted by atomic mass is 10.3. The summed E-state index contributed by atoms with van der Waals surface area (Å²) in [5, 5.41) is 8.96. The zero-order chi connectivity index (χ0) is 12.7. The minimum Gasteiger partial charge on any atom is -0.494 e. The molecule has 1 rings (SSSR count). The fraction of sp³-hybridized carbons (Fsp3) is 0.538. The molecule has 4 heteroatoms. The van der Waals surface area contributed by atoms with E-state index in [9.17, 15) is 4.39 Å². The molecular weight excluding hydrogens is 221 g/mol. The van der Waals surface area contributed by atoms with Crippen LogP contribution in [0.5, 0.6) is 5.75 Å². The molecular formula is C13H20FNO2. The lowest BCUT2D eigenvalue weighted by molar-refractivity contribution is 0.151. The lowest BCUT2D eigenvalue weighted by Crippen LogP contribution is -2.33. The molecule has 3 nitrogen and oxygen atoms in total. The highest BCUT2D eigenvalue weighted by atomic mass is 19.1. The molecule has 0 bridgehead atoms. The van der Waals surface area contributed by atoms with Crippen molar-refractivity contribution < 1.29 is 14.2 Å². The van der Waals surface area contributed by atoms with Crippen LogP contribution in [0.2, 0.25) is 0 Å². The van der Waals surface area contributed by atoms with Gasteiger partial charge in [0.2, 0.25) is 0 Å². The Morgan fingerprint density at radius 2 is 2.00 bits per heavy atom. The topological polar surface area (TPSA) is 32.7 Å². The van der Waals surface area contributed by atoms with Crippen molar-refractivity contribution >= 4 is 0 Å². The van der Waals surface area contributed by atoms with Crippen LogP contribution in [0.1, 0.15) is 13.3 Å². The average molecular weight is 241 g/mol. The van der Waals surface area contributed by atoms with Crippen molar-refractivity contribution in [1.82, 2.24) is 4.90 Å². The molecule has 1 aromatic rings. The fourth-order valence-electron chi connectivity index (χ4n) is 1.39. The van der Waals surface area contributed by atoms with Crippen LogP contribution in [-0.2, 0) is 0 Å². The number of rotatable bonds is 7. The molecule has 0 aliphatic heterocycles. The zero-order valence-corrected chi connectivity index (χ0v) is 10.4. The molecule has 0 aromatic heterocycles. The minimum absolute atomic E-state index is 0.162. The Labute approximate surface area is 102 Å². The van der Waals surface area contributed by atoms with Crippen LogP contribution in [0.3, 0.4) is 0 Å². The fourth-order valence-corrected chi connectivity index (χ4v) is 1.39. The second kappa shape index (κ2) is 7.25. The molecule has 1 atom stereocenters. The van der Waals surface area contributed by atoms with Crippen LogP contribution in [-0.4, -0.2) is 42.9 Å². The summed E-state index contributed by atoms with van der Waals surface area (Å²) in [5.41, 5.74) is 0. The number of aliphatic hydroxyl groups is 1. The van der Waals surface area contributed by atoms with Crippen LogP contribution in [0, 0.1) is 5.82 Å². The molecule has 0 spiro atoms. The zero-order valence-electron chi connectivity index (χ0n) is 10.4. The first kappa shape index (κ1) is 13.9. The van der Waals surface area contributed by atoms with Crippen LogP contribution in [0.15, 0.2) is 24.3 Å². The van der Waals surface area contributed by atoms with Crippen molar-refractivity contribution in [2.24, 2.45) is 0 Å². The van der Waals surface area contributed by atoms with Crippen LogP contribution in [0.25, 0.3) is 0 Å². The van der Waals surface area contributed by atoms with E-state index in [1.54, 1.807) is 12.1 Å². The van der Waals surface area contributed by atoms with Gasteiger partial charge in [-0.2, -0.15) is 0 Å². The van der Waals surface area contributed by atoms with Gasteiger partial charge in [0.1, 0.15) is 11.6 Å². The van der Waals surface area contributed by atoms with Crippen molar-refractivity contribution in [3.05, 3.63) is 30.1 Å². The van der Waals surface area contributed by atoms with Crippen molar-refractivity contribution in [1.29, 1.82) is 0 Å². The van der Waals surface area contributed by atoms with Gasteiger partial charge in [-0.25, -0.2) is 4.39 Å². The first-order chi connectivity index (χ1) is 8.13. The van der Waals surface area contributed by atoms with Gasteiger partial charge in [-0.15, -0.1) is 0 Å². The molecule has 1 aromatic carbocycles. The maximum Gasteiger partial charge on any atom is 0.123 e. The predicted molar refractivity (Wildman–Crippen MR) is 65.7 cm³/mol. The predicted octanol–water partition coefficient (Wildman–Crippen LogP) is 1.91. The third-order valence-corrected chi connectivity index (χ3v) is 2.75. The highest BCUT2D eigenvalue weighted by Gasteiger charge is 2.06. The molecule has 0 amide bonds. The van der Waals surface area contributed by atoms with Crippen molar-refractivity contribution in [3.63, 3.8) is 0 Å². The summed E-state index contributed by atoms with van der Waals surface area (Å²) in [6, 6.07) is 6.18. The average Bonchev–Trinajstić information content (AvgIpc) is 2.35. The van der Waals surface area contributed by atoms with Gasteiger partial charge < -0.3 is 14.7 Å². The van der Waals surface area contributed by atoms with Gasteiger partial charge in [0.05, 0.1) is 13.2 Å². The summed E-state index contributed by atoms with van der Waals surface area (Å²) in [5.74, 6) is 0.429. The maximum atomic E-state index is 12.6. The van der Waals surface area contributed by atoms with Gasteiger partial charge in [-0.1, -0.05) is 0 Å². The highest BCUT2D eigenvalue weighted by Crippen LogP contribution is 2.11. The Kier molecular flexibility index (Phi) is 5.94. The molecule has 0 heterocycles. The first-order valence-corrected chi connectivity index (χ1v) is 5.83. The number of benzene rings is 1. The van der Waals surface area contributed by atoms with Gasteiger partial charge in [-0.05, 0) is 44.7 Å². The number of likely N-dealkylation sites (N-methyl/N-ethyl adjacent to an activating group) is 1.